The fourth-order valence-electron chi connectivity index (χ4n) is 1.79. The first kappa shape index (κ1) is 16.7. The lowest BCUT2D eigenvalue weighted by molar-refractivity contribution is -0.123. The smallest absolute Gasteiger partial charge is 0.240 e. The standard InChI is InChI=1S/C15H21BrN2O2/c1-4-5-8-17-15(20)10-18(12(3)19)13-6-7-14(16)11(2)9-13/h6-7,9H,4-5,8,10H2,1-3H3,(H,17,20). The lowest BCUT2D eigenvalue weighted by atomic mass is 10.2. The first-order chi connectivity index (χ1) is 9.45. The number of anilines is 1. The Hall–Kier alpha value is -1.36. The minimum atomic E-state index is -0.141. The number of aryl methyl sites for hydroxylation is 1. The molecule has 110 valence electrons. The van der Waals surface area contributed by atoms with Crippen LogP contribution in [0.4, 0.5) is 5.69 Å². The molecular weight excluding hydrogens is 320 g/mol. The molecule has 0 unspecified atom stereocenters. The molecule has 4 nitrogen and oxygen atoms in total. The first-order valence-corrected chi connectivity index (χ1v) is 7.56. The van der Waals surface area contributed by atoms with Crippen LogP contribution in [0.2, 0.25) is 0 Å². The van der Waals surface area contributed by atoms with E-state index in [9.17, 15) is 9.59 Å². The third-order valence-corrected chi connectivity index (χ3v) is 3.88. The Morgan fingerprint density at radius 2 is 2.05 bits per heavy atom. The van der Waals surface area contributed by atoms with Crippen molar-refractivity contribution in [3.63, 3.8) is 0 Å². The molecule has 20 heavy (non-hydrogen) atoms. The second-order valence-corrected chi connectivity index (χ2v) is 5.60. The third kappa shape index (κ3) is 4.96. The first-order valence-electron chi connectivity index (χ1n) is 6.76. The summed E-state index contributed by atoms with van der Waals surface area (Å²) >= 11 is 3.43. The van der Waals surface area contributed by atoms with Gasteiger partial charge in [0, 0.05) is 23.6 Å². The molecule has 0 atom stereocenters. The Balaban J connectivity index is 2.76. The maximum Gasteiger partial charge on any atom is 0.240 e. The Labute approximate surface area is 128 Å². The van der Waals surface area contributed by atoms with Gasteiger partial charge in [-0.05, 0) is 37.1 Å². The number of nitrogens with one attached hydrogen (secondary N) is 1. The van der Waals surface area contributed by atoms with Crippen LogP contribution < -0.4 is 10.2 Å². The molecule has 0 heterocycles. The number of amides is 2. The predicted molar refractivity (Wildman–Crippen MR) is 84.8 cm³/mol. The normalized spacial score (nSPS) is 10.2. The second kappa shape index (κ2) is 8.04. The van der Waals surface area contributed by atoms with Gasteiger partial charge in [0.05, 0.1) is 0 Å². The molecule has 0 radical (unpaired) electrons. The van der Waals surface area contributed by atoms with E-state index in [4.69, 9.17) is 0 Å². The number of hydrogen-bond donors (Lipinski definition) is 1. The molecular formula is C15H21BrN2O2. The zero-order chi connectivity index (χ0) is 15.1. The van der Waals surface area contributed by atoms with E-state index in [1.807, 2.05) is 25.1 Å². The van der Waals surface area contributed by atoms with E-state index in [-0.39, 0.29) is 18.4 Å². The number of unbranched alkanes of at least 4 members (excludes halogenated alkanes) is 1. The van der Waals surface area contributed by atoms with Crippen LogP contribution in [-0.4, -0.2) is 24.9 Å². The van der Waals surface area contributed by atoms with Crippen LogP contribution in [0.5, 0.6) is 0 Å². The van der Waals surface area contributed by atoms with E-state index in [1.165, 1.54) is 11.8 Å². The molecule has 0 bridgehead atoms. The van der Waals surface area contributed by atoms with Crippen LogP contribution >= 0.6 is 15.9 Å². The minimum absolute atomic E-state index is 0.0557. The number of carbonyl (C=O) groups excluding carboxylic acids is 2. The Morgan fingerprint density at radius 1 is 1.35 bits per heavy atom. The third-order valence-electron chi connectivity index (χ3n) is 2.99. The Morgan fingerprint density at radius 3 is 2.60 bits per heavy atom. The van der Waals surface area contributed by atoms with Crippen molar-refractivity contribution in [1.82, 2.24) is 5.32 Å². The molecule has 1 aromatic rings. The average Bonchev–Trinajstić information content (AvgIpc) is 2.39. The Bertz CT molecular complexity index is 489. The lowest BCUT2D eigenvalue weighted by Crippen LogP contribution is -2.40. The van der Waals surface area contributed by atoms with Crippen LogP contribution in [0.25, 0.3) is 0 Å². The topological polar surface area (TPSA) is 49.4 Å². The number of halogens is 1. The van der Waals surface area contributed by atoms with Crippen molar-refractivity contribution in [2.24, 2.45) is 0 Å². The lowest BCUT2D eigenvalue weighted by Gasteiger charge is -2.21. The molecule has 1 rings (SSSR count). The van der Waals surface area contributed by atoms with E-state index >= 15 is 0 Å². The highest BCUT2D eigenvalue weighted by atomic mass is 79.9. The Kier molecular flexibility index (Phi) is 6.71. The molecule has 0 aromatic heterocycles. The summed E-state index contributed by atoms with van der Waals surface area (Å²) in [6.45, 7) is 6.20. The fraction of sp³-hybridized carbons (Fsp3) is 0.467. The van der Waals surface area contributed by atoms with Crippen molar-refractivity contribution in [2.75, 3.05) is 18.0 Å². The summed E-state index contributed by atoms with van der Waals surface area (Å²) in [5, 5.41) is 2.82. The van der Waals surface area contributed by atoms with Crippen molar-refractivity contribution in [1.29, 1.82) is 0 Å². The largest absolute Gasteiger partial charge is 0.355 e. The zero-order valence-corrected chi connectivity index (χ0v) is 13.8. The fourth-order valence-corrected chi connectivity index (χ4v) is 2.03. The molecule has 0 saturated carbocycles. The minimum Gasteiger partial charge on any atom is -0.355 e. The summed E-state index contributed by atoms with van der Waals surface area (Å²) in [5.74, 6) is -0.272. The molecule has 5 heteroatoms. The van der Waals surface area contributed by atoms with Gasteiger partial charge in [0.2, 0.25) is 11.8 Å². The molecule has 0 saturated heterocycles. The summed E-state index contributed by atoms with van der Waals surface area (Å²) in [6, 6.07) is 5.61. The van der Waals surface area contributed by atoms with Gasteiger partial charge in [-0.2, -0.15) is 0 Å². The molecule has 0 aliphatic rings. The summed E-state index contributed by atoms with van der Waals surface area (Å²) in [5.41, 5.74) is 1.77. The summed E-state index contributed by atoms with van der Waals surface area (Å²) in [7, 11) is 0. The number of nitrogens with zero attached hydrogens (tertiary/aromatic N) is 1. The summed E-state index contributed by atoms with van der Waals surface area (Å²) < 4.78 is 0.983. The maximum absolute atomic E-state index is 11.8. The van der Waals surface area contributed by atoms with Crippen molar-refractivity contribution >= 4 is 33.4 Å². The van der Waals surface area contributed by atoms with Crippen LogP contribution in [0, 0.1) is 6.92 Å². The van der Waals surface area contributed by atoms with Crippen LogP contribution in [0.15, 0.2) is 22.7 Å². The maximum atomic E-state index is 11.8. The highest BCUT2D eigenvalue weighted by molar-refractivity contribution is 9.10. The molecule has 1 N–H and O–H groups in total. The van der Waals surface area contributed by atoms with Gasteiger partial charge >= 0.3 is 0 Å². The second-order valence-electron chi connectivity index (χ2n) is 4.74. The van der Waals surface area contributed by atoms with E-state index in [0.29, 0.717) is 6.54 Å². The predicted octanol–water partition coefficient (Wildman–Crippen LogP) is 3.03. The van der Waals surface area contributed by atoms with E-state index in [0.717, 1.165) is 28.6 Å². The zero-order valence-electron chi connectivity index (χ0n) is 12.2. The van der Waals surface area contributed by atoms with Gasteiger partial charge in [0.15, 0.2) is 0 Å². The number of rotatable bonds is 6. The van der Waals surface area contributed by atoms with Gasteiger partial charge in [-0.1, -0.05) is 29.3 Å². The highest BCUT2D eigenvalue weighted by Crippen LogP contribution is 2.23. The van der Waals surface area contributed by atoms with Gasteiger partial charge in [-0.15, -0.1) is 0 Å². The number of carbonyl (C=O) groups is 2. The highest BCUT2D eigenvalue weighted by Gasteiger charge is 2.16. The summed E-state index contributed by atoms with van der Waals surface area (Å²) in [4.78, 5) is 25.1. The van der Waals surface area contributed by atoms with Crippen molar-refractivity contribution < 1.29 is 9.59 Å². The van der Waals surface area contributed by atoms with Crippen LogP contribution in [0.1, 0.15) is 32.3 Å². The van der Waals surface area contributed by atoms with Gasteiger partial charge in [-0.3, -0.25) is 9.59 Å². The SMILES string of the molecule is CCCCNC(=O)CN(C(C)=O)c1ccc(Br)c(C)c1. The van der Waals surface area contributed by atoms with Crippen LogP contribution in [-0.2, 0) is 9.59 Å². The van der Waals surface area contributed by atoms with E-state index in [2.05, 4.69) is 28.2 Å². The molecule has 0 aliphatic carbocycles. The van der Waals surface area contributed by atoms with Gasteiger partial charge < -0.3 is 10.2 Å². The van der Waals surface area contributed by atoms with Gasteiger partial charge in [0.25, 0.3) is 0 Å². The monoisotopic (exact) mass is 340 g/mol. The van der Waals surface area contributed by atoms with Crippen molar-refractivity contribution in [2.45, 2.75) is 33.6 Å². The summed E-state index contributed by atoms with van der Waals surface area (Å²) in [6.07, 6.45) is 1.98. The van der Waals surface area contributed by atoms with E-state index in [1.54, 1.807) is 0 Å². The molecule has 1 aromatic carbocycles. The average molecular weight is 341 g/mol. The van der Waals surface area contributed by atoms with Crippen LogP contribution in [0.3, 0.4) is 0 Å². The molecule has 0 spiro atoms. The van der Waals surface area contributed by atoms with Gasteiger partial charge in [0.1, 0.15) is 6.54 Å². The van der Waals surface area contributed by atoms with Gasteiger partial charge in [-0.25, -0.2) is 0 Å². The molecule has 0 aliphatic heterocycles. The quantitative estimate of drug-likeness (QED) is 0.809. The molecule has 0 fully saturated rings. The van der Waals surface area contributed by atoms with E-state index < -0.39 is 0 Å². The van der Waals surface area contributed by atoms with Crippen molar-refractivity contribution in [3.05, 3.63) is 28.2 Å². The van der Waals surface area contributed by atoms with Crippen molar-refractivity contribution in [3.8, 4) is 0 Å². The molecule has 2 amide bonds. The number of benzene rings is 1. The number of hydrogen-bond acceptors (Lipinski definition) is 2.